The Hall–Kier alpha value is -1.22. The van der Waals surface area contributed by atoms with Gasteiger partial charge in [-0.05, 0) is 31.4 Å². The van der Waals surface area contributed by atoms with E-state index in [1.165, 1.54) is 12.8 Å². The lowest BCUT2D eigenvalue weighted by Crippen LogP contribution is -2.24. The molecular formula is C11H14N2O. The molecular weight excluding hydrogens is 176 g/mol. The number of nitrogens with zero attached hydrogens (tertiary/aromatic N) is 1. The Morgan fingerprint density at radius 3 is 3.00 bits per heavy atom. The highest BCUT2D eigenvalue weighted by Crippen LogP contribution is 2.18. The van der Waals surface area contributed by atoms with Gasteiger partial charge >= 0.3 is 0 Å². The molecule has 0 unspecified atom stereocenters. The highest BCUT2D eigenvalue weighted by atomic mass is 16.1. The molecule has 74 valence electrons. The Kier molecular flexibility index (Phi) is 2.59. The molecule has 0 amide bonds. The van der Waals surface area contributed by atoms with E-state index < -0.39 is 0 Å². The molecule has 1 heterocycles. The fourth-order valence-electron chi connectivity index (χ4n) is 1.33. The zero-order valence-corrected chi connectivity index (χ0v) is 8.29. The minimum absolute atomic E-state index is 0.133. The van der Waals surface area contributed by atoms with Crippen LogP contribution in [-0.4, -0.2) is 23.4 Å². The number of hydrogen-bond acceptors (Lipinski definition) is 3. The summed E-state index contributed by atoms with van der Waals surface area (Å²) in [5.41, 5.74) is 1.74. The standard InChI is InChI=1S/C11H14N2O/c1-8-4-9(6-12-5-8)11(14)7-13-10-2-3-10/h4-6,10,13H,2-3,7H2,1H3. The first-order chi connectivity index (χ1) is 6.75. The lowest BCUT2D eigenvalue weighted by atomic mass is 10.1. The third kappa shape index (κ3) is 2.39. The second-order valence-corrected chi connectivity index (χ2v) is 3.83. The largest absolute Gasteiger partial charge is 0.307 e. The number of hydrogen-bond donors (Lipinski definition) is 1. The number of nitrogens with one attached hydrogen (secondary N) is 1. The van der Waals surface area contributed by atoms with Crippen molar-refractivity contribution in [3.05, 3.63) is 29.6 Å². The van der Waals surface area contributed by atoms with Gasteiger partial charge in [-0.25, -0.2) is 0 Å². The SMILES string of the molecule is Cc1cncc(C(=O)CNC2CC2)c1. The van der Waals surface area contributed by atoms with Crippen LogP contribution in [-0.2, 0) is 0 Å². The number of carbonyl (C=O) groups is 1. The number of aromatic nitrogens is 1. The maximum atomic E-state index is 11.6. The van der Waals surface area contributed by atoms with Crippen molar-refractivity contribution >= 4 is 5.78 Å². The smallest absolute Gasteiger partial charge is 0.178 e. The average molecular weight is 190 g/mol. The number of pyridine rings is 1. The van der Waals surface area contributed by atoms with Gasteiger partial charge in [0.05, 0.1) is 6.54 Å². The minimum Gasteiger partial charge on any atom is -0.307 e. The van der Waals surface area contributed by atoms with Crippen LogP contribution < -0.4 is 5.32 Å². The summed E-state index contributed by atoms with van der Waals surface area (Å²) in [5.74, 6) is 0.133. The second-order valence-electron chi connectivity index (χ2n) is 3.83. The van der Waals surface area contributed by atoms with E-state index in [2.05, 4.69) is 10.3 Å². The average Bonchev–Trinajstić information content (AvgIpc) is 2.97. The van der Waals surface area contributed by atoms with Crippen LogP contribution in [0.15, 0.2) is 18.5 Å². The summed E-state index contributed by atoms with van der Waals surface area (Å²) in [6, 6.07) is 2.46. The molecule has 1 aliphatic rings. The zero-order chi connectivity index (χ0) is 9.97. The summed E-state index contributed by atoms with van der Waals surface area (Å²) >= 11 is 0. The van der Waals surface area contributed by atoms with Crippen LogP contribution in [0, 0.1) is 6.92 Å². The number of Topliss-reactive ketones (excluding diaryl/α,β-unsaturated/α-hetero) is 1. The second kappa shape index (κ2) is 3.88. The summed E-state index contributed by atoms with van der Waals surface area (Å²) in [5, 5.41) is 3.20. The summed E-state index contributed by atoms with van der Waals surface area (Å²) in [7, 11) is 0. The van der Waals surface area contributed by atoms with Crippen molar-refractivity contribution in [1.82, 2.24) is 10.3 Å². The normalized spacial score (nSPS) is 15.5. The van der Waals surface area contributed by atoms with Crippen molar-refractivity contribution in [3.8, 4) is 0 Å². The Balaban J connectivity index is 1.95. The Morgan fingerprint density at radius 2 is 2.36 bits per heavy atom. The number of aryl methyl sites for hydroxylation is 1. The highest BCUT2D eigenvalue weighted by molar-refractivity contribution is 5.97. The van der Waals surface area contributed by atoms with Gasteiger partial charge in [-0.3, -0.25) is 9.78 Å². The first kappa shape index (κ1) is 9.34. The van der Waals surface area contributed by atoms with Crippen LogP contribution in [0.1, 0.15) is 28.8 Å². The van der Waals surface area contributed by atoms with Crippen LogP contribution in [0.3, 0.4) is 0 Å². The Labute approximate surface area is 83.5 Å². The lowest BCUT2D eigenvalue weighted by molar-refractivity contribution is 0.0990. The maximum Gasteiger partial charge on any atom is 0.178 e. The fourth-order valence-corrected chi connectivity index (χ4v) is 1.33. The van der Waals surface area contributed by atoms with Crippen LogP contribution in [0.5, 0.6) is 0 Å². The Morgan fingerprint density at radius 1 is 1.57 bits per heavy atom. The molecule has 1 N–H and O–H groups in total. The molecule has 3 nitrogen and oxygen atoms in total. The van der Waals surface area contributed by atoms with Crippen LogP contribution >= 0.6 is 0 Å². The number of rotatable bonds is 4. The Bertz CT molecular complexity index is 345. The summed E-state index contributed by atoms with van der Waals surface area (Å²) < 4.78 is 0. The van der Waals surface area contributed by atoms with Crippen LogP contribution in [0.4, 0.5) is 0 Å². The van der Waals surface area contributed by atoms with Crippen LogP contribution in [0.25, 0.3) is 0 Å². The third-order valence-electron chi connectivity index (χ3n) is 2.33. The molecule has 1 saturated carbocycles. The van der Waals surface area contributed by atoms with Crippen molar-refractivity contribution in [2.75, 3.05) is 6.54 Å². The summed E-state index contributed by atoms with van der Waals surface area (Å²) in [4.78, 5) is 15.6. The van der Waals surface area contributed by atoms with E-state index >= 15 is 0 Å². The van der Waals surface area contributed by atoms with Gasteiger partial charge < -0.3 is 5.32 Å². The minimum atomic E-state index is 0.133. The van der Waals surface area contributed by atoms with Crippen molar-refractivity contribution < 1.29 is 4.79 Å². The van der Waals surface area contributed by atoms with Gasteiger partial charge in [0, 0.05) is 24.0 Å². The summed E-state index contributed by atoms with van der Waals surface area (Å²) in [6.45, 7) is 2.38. The van der Waals surface area contributed by atoms with Gasteiger partial charge in [-0.1, -0.05) is 0 Å². The third-order valence-corrected chi connectivity index (χ3v) is 2.33. The fraction of sp³-hybridized carbons (Fsp3) is 0.455. The molecule has 0 spiro atoms. The number of ketones is 1. The molecule has 2 rings (SSSR count). The van der Waals surface area contributed by atoms with E-state index in [1.54, 1.807) is 12.4 Å². The maximum absolute atomic E-state index is 11.6. The van der Waals surface area contributed by atoms with Crippen LogP contribution in [0.2, 0.25) is 0 Å². The number of carbonyl (C=O) groups excluding carboxylic acids is 1. The van der Waals surface area contributed by atoms with E-state index in [9.17, 15) is 4.79 Å². The molecule has 1 aromatic heterocycles. The molecule has 0 radical (unpaired) electrons. The molecule has 3 heteroatoms. The predicted octanol–water partition coefficient (Wildman–Crippen LogP) is 1.32. The van der Waals surface area contributed by atoms with E-state index in [1.807, 2.05) is 13.0 Å². The quantitative estimate of drug-likeness (QED) is 0.728. The molecule has 1 aromatic rings. The molecule has 0 atom stereocenters. The highest BCUT2D eigenvalue weighted by Gasteiger charge is 2.21. The van der Waals surface area contributed by atoms with Crippen molar-refractivity contribution in [3.63, 3.8) is 0 Å². The predicted molar refractivity (Wildman–Crippen MR) is 54.3 cm³/mol. The lowest BCUT2D eigenvalue weighted by Gasteiger charge is -2.02. The molecule has 1 fully saturated rings. The van der Waals surface area contributed by atoms with E-state index in [-0.39, 0.29) is 5.78 Å². The molecule has 0 aliphatic heterocycles. The van der Waals surface area contributed by atoms with E-state index in [0.29, 0.717) is 18.2 Å². The van der Waals surface area contributed by atoms with Gasteiger partial charge in [-0.15, -0.1) is 0 Å². The van der Waals surface area contributed by atoms with E-state index in [4.69, 9.17) is 0 Å². The van der Waals surface area contributed by atoms with Gasteiger partial charge in [0.25, 0.3) is 0 Å². The molecule has 1 aliphatic carbocycles. The molecule has 0 saturated heterocycles. The van der Waals surface area contributed by atoms with Gasteiger partial charge in [0.1, 0.15) is 0 Å². The monoisotopic (exact) mass is 190 g/mol. The van der Waals surface area contributed by atoms with Crippen molar-refractivity contribution in [2.45, 2.75) is 25.8 Å². The first-order valence-corrected chi connectivity index (χ1v) is 4.94. The summed E-state index contributed by atoms with van der Waals surface area (Å²) in [6.07, 6.45) is 5.80. The molecule has 0 bridgehead atoms. The molecule has 14 heavy (non-hydrogen) atoms. The van der Waals surface area contributed by atoms with Crippen molar-refractivity contribution in [1.29, 1.82) is 0 Å². The zero-order valence-electron chi connectivity index (χ0n) is 8.29. The first-order valence-electron chi connectivity index (χ1n) is 4.94. The van der Waals surface area contributed by atoms with Gasteiger partial charge in [0.2, 0.25) is 0 Å². The van der Waals surface area contributed by atoms with E-state index in [0.717, 1.165) is 5.56 Å². The van der Waals surface area contributed by atoms with Crippen molar-refractivity contribution in [2.24, 2.45) is 0 Å². The van der Waals surface area contributed by atoms with Gasteiger partial charge in [-0.2, -0.15) is 0 Å². The molecule has 0 aromatic carbocycles. The van der Waals surface area contributed by atoms with Gasteiger partial charge in [0.15, 0.2) is 5.78 Å². The topological polar surface area (TPSA) is 42.0 Å².